The quantitative estimate of drug-likeness (QED) is 0.428. The molecular weight excluding hydrogens is 438 g/mol. The lowest BCUT2D eigenvalue weighted by Crippen LogP contribution is -2.32. The van der Waals surface area contributed by atoms with Crippen molar-refractivity contribution in [3.05, 3.63) is 57.5 Å². The van der Waals surface area contributed by atoms with E-state index in [1.54, 1.807) is 14.0 Å². The van der Waals surface area contributed by atoms with E-state index in [1.807, 2.05) is 56.5 Å². The lowest BCUT2D eigenvalue weighted by molar-refractivity contribution is 0.0526. The minimum atomic E-state index is -0.434. The molecule has 0 bridgehead atoms. The van der Waals surface area contributed by atoms with E-state index in [2.05, 4.69) is 14.9 Å². The van der Waals surface area contributed by atoms with Crippen LogP contribution in [0, 0.1) is 6.92 Å². The Morgan fingerprint density at radius 3 is 2.58 bits per heavy atom. The highest BCUT2D eigenvalue weighted by Gasteiger charge is 2.22. The molecule has 1 amide bonds. The second-order valence-corrected chi connectivity index (χ2v) is 8.68. The molecule has 0 fully saturated rings. The maximum Gasteiger partial charge on any atom is 0.367 e. The van der Waals surface area contributed by atoms with Crippen LogP contribution in [0.2, 0.25) is 0 Å². The number of esters is 1. The molecule has 7 nitrogen and oxygen atoms in total. The Morgan fingerprint density at radius 2 is 1.94 bits per heavy atom. The molecule has 3 aromatic rings. The predicted octanol–water partition coefficient (Wildman–Crippen LogP) is 4.88. The van der Waals surface area contributed by atoms with Gasteiger partial charge in [-0.05, 0) is 57.4 Å². The van der Waals surface area contributed by atoms with Gasteiger partial charge in [0.25, 0.3) is 5.91 Å². The van der Waals surface area contributed by atoms with E-state index in [0.717, 1.165) is 35.5 Å². The zero-order valence-electron chi connectivity index (χ0n) is 19.8. The molecule has 2 aromatic heterocycles. The summed E-state index contributed by atoms with van der Waals surface area (Å²) < 4.78 is 12.4. The summed E-state index contributed by atoms with van der Waals surface area (Å²) in [6.45, 7) is 8.70. The second kappa shape index (κ2) is 11.1. The van der Waals surface area contributed by atoms with Gasteiger partial charge in [0.15, 0.2) is 0 Å². The van der Waals surface area contributed by atoms with Crippen molar-refractivity contribution in [1.82, 2.24) is 14.9 Å². The van der Waals surface area contributed by atoms with Gasteiger partial charge < -0.3 is 19.4 Å². The van der Waals surface area contributed by atoms with Gasteiger partial charge >= 0.3 is 5.97 Å². The lowest BCUT2D eigenvalue weighted by Gasteiger charge is -2.13. The SMILES string of the molecule is CCOC(=O)c1nc(-c2cc(C(=O)NC(C)CC)c(C)n2CCc2ccc(OC)cc2)cs1. The molecule has 0 aliphatic rings. The van der Waals surface area contributed by atoms with Crippen LogP contribution in [0.3, 0.4) is 0 Å². The van der Waals surface area contributed by atoms with Crippen LogP contribution in [0.15, 0.2) is 35.7 Å². The molecular formula is C25H31N3O4S. The number of carbonyl (C=O) groups is 2. The molecule has 1 unspecified atom stereocenters. The highest BCUT2D eigenvalue weighted by Crippen LogP contribution is 2.28. The number of amides is 1. The van der Waals surface area contributed by atoms with Crippen molar-refractivity contribution in [2.75, 3.05) is 13.7 Å². The topological polar surface area (TPSA) is 82.5 Å². The van der Waals surface area contributed by atoms with Gasteiger partial charge in [0, 0.05) is 23.7 Å². The molecule has 33 heavy (non-hydrogen) atoms. The van der Waals surface area contributed by atoms with Gasteiger partial charge in [-0.2, -0.15) is 0 Å². The Balaban J connectivity index is 1.94. The number of ether oxygens (including phenoxy) is 2. The van der Waals surface area contributed by atoms with Gasteiger partial charge in [-0.3, -0.25) is 4.79 Å². The first-order chi connectivity index (χ1) is 15.9. The maximum absolute atomic E-state index is 12.9. The van der Waals surface area contributed by atoms with Crippen molar-refractivity contribution < 1.29 is 19.1 Å². The third-order valence-electron chi connectivity index (χ3n) is 5.60. The van der Waals surface area contributed by atoms with Crippen molar-refractivity contribution in [3.63, 3.8) is 0 Å². The minimum absolute atomic E-state index is 0.0812. The zero-order valence-corrected chi connectivity index (χ0v) is 20.6. The third-order valence-corrected chi connectivity index (χ3v) is 6.42. The van der Waals surface area contributed by atoms with E-state index < -0.39 is 5.97 Å². The molecule has 3 rings (SSSR count). The normalized spacial score (nSPS) is 11.8. The number of aromatic nitrogens is 2. The Bertz CT molecular complexity index is 1100. The zero-order chi connectivity index (χ0) is 24.0. The molecule has 1 aromatic carbocycles. The molecule has 1 N–H and O–H groups in total. The summed E-state index contributed by atoms with van der Waals surface area (Å²) in [5, 5.41) is 5.19. The third kappa shape index (κ3) is 5.82. The molecule has 176 valence electrons. The average molecular weight is 470 g/mol. The van der Waals surface area contributed by atoms with Crippen LogP contribution in [0.25, 0.3) is 11.4 Å². The molecule has 0 radical (unpaired) electrons. The highest BCUT2D eigenvalue weighted by atomic mass is 32.1. The first kappa shape index (κ1) is 24.5. The summed E-state index contributed by atoms with van der Waals surface area (Å²) in [6.07, 6.45) is 1.62. The van der Waals surface area contributed by atoms with Crippen molar-refractivity contribution in [2.45, 2.75) is 53.1 Å². The fourth-order valence-corrected chi connectivity index (χ4v) is 4.19. The monoisotopic (exact) mass is 469 g/mol. The number of rotatable bonds is 10. The van der Waals surface area contributed by atoms with Crippen molar-refractivity contribution in [1.29, 1.82) is 0 Å². The van der Waals surface area contributed by atoms with E-state index in [-0.39, 0.29) is 11.9 Å². The van der Waals surface area contributed by atoms with Gasteiger partial charge in [-0.15, -0.1) is 11.3 Å². The van der Waals surface area contributed by atoms with Crippen molar-refractivity contribution in [2.24, 2.45) is 0 Å². The summed E-state index contributed by atoms with van der Waals surface area (Å²) in [5.41, 5.74) is 4.10. The number of benzene rings is 1. The molecule has 0 aliphatic carbocycles. The number of nitrogens with one attached hydrogen (secondary N) is 1. The first-order valence-electron chi connectivity index (χ1n) is 11.1. The van der Waals surface area contributed by atoms with E-state index >= 15 is 0 Å². The molecule has 0 aliphatic heterocycles. The van der Waals surface area contributed by atoms with Crippen LogP contribution in [0.5, 0.6) is 5.75 Å². The highest BCUT2D eigenvalue weighted by molar-refractivity contribution is 7.11. The maximum atomic E-state index is 12.9. The fraction of sp³-hybridized carbons (Fsp3) is 0.400. The van der Waals surface area contributed by atoms with E-state index in [9.17, 15) is 9.59 Å². The predicted molar refractivity (Wildman–Crippen MR) is 130 cm³/mol. The number of carbonyl (C=O) groups excluding carboxylic acids is 2. The summed E-state index contributed by atoms with van der Waals surface area (Å²) >= 11 is 1.24. The van der Waals surface area contributed by atoms with Gasteiger partial charge in [0.2, 0.25) is 5.01 Å². The molecule has 0 spiro atoms. The largest absolute Gasteiger partial charge is 0.497 e. The van der Waals surface area contributed by atoms with Crippen LogP contribution in [0.1, 0.15) is 58.6 Å². The van der Waals surface area contributed by atoms with Crippen molar-refractivity contribution >= 4 is 23.2 Å². The Labute approximate surface area is 198 Å². The number of methoxy groups -OCH3 is 1. The van der Waals surface area contributed by atoms with Gasteiger partial charge in [0.1, 0.15) is 5.75 Å². The molecule has 1 atom stereocenters. The smallest absolute Gasteiger partial charge is 0.367 e. The summed E-state index contributed by atoms with van der Waals surface area (Å²) in [4.78, 5) is 29.6. The number of nitrogens with zero attached hydrogens (tertiary/aromatic N) is 2. The second-order valence-electron chi connectivity index (χ2n) is 7.82. The van der Waals surface area contributed by atoms with Gasteiger partial charge in [-0.25, -0.2) is 9.78 Å². The Kier molecular flexibility index (Phi) is 8.27. The van der Waals surface area contributed by atoms with Gasteiger partial charge in [0.05, 0.1) is 30.7 Å². The first-order valence-corrected chi connectivity index (χ1v) is 12.0. The molecule has 8 heteroatoms. The fourth-order valence-electron chi connectivity index (χ4n) is 3.49. The van der Waals surface area contributed by atoms with Crippen LogP contribution in [0.4, 0.5) is 0 Å². The average Bonchev–Trinajstić information content (AvgIpc) is 3.43. The number of hydrogen-bond donors (Lipinski definition) is 1. The molecule has 2 heterocycles. The summed E-state index contributed by atoms with van der Waals surface area (Å²) in [5.74, 6) is 0.276. The van der Waals surface area contributed by atoms with Gasteiger partial charge in [-0.1, -0.05) is 19.1 Å². The Morgan fingerprint density at radius 1 is 1.21 bits per heavy atom. The lowest BCUT2D eigenvalue weighted by atomic mass is 10.1. The van der Waals surface area contributed by atoms with E-state index in [0.29, 0.717) is 29.4 Å². The van der Waals surface area contributed by atoms with E-state index in [1.165, 1.54) is 11.3 Å². The van der Waals surface area contributed by atoms with Crippen LogP contribution < -0.4 is 10.1 Å². The number of hydrogen-bond acceptors (Lipinski definition) is 6. The molecule has 0 saturated carbocycles. The molecule has 0 saturated heterocycles. The number of thiazole rings is 1. The summed E-state index contributed by atoms with van der Waals surface area (Å²) in [7, 11) is 1.65. The van der Waals surface area contributed by atoms with E-state index in [4.69, 9.17) is 9.47 Å². The van der Waals surface area contributed by atoms with Crippen LogP contribution in [-0.2, 0) is 17.7 Å². The van der Waals surface area contributed by atoms with Crippen molar-refractivity contribution in [3.8, 4) is 17.1 Å². The number of aryl methyl sites for hydroxylation is 1. The standard InChI is InChI=1S/C25H31N3O4S/c1-6-16(3)26-23(29)20-14-22(21-15-33-24(27-21)25(30)32-7-2)28(17(20)4)13-12-18-8-10-19(31-5)11-9-18/h8-11,14-16H,6-7,12-13H2,1-5H3,(H,26,29). The summed E-state index contributed by atoms with van der Waals surface area (Å²) in [6, 6.07) is 9.90. The Hall–Kier alpha value is -3.13. The van der Waals surface area contributed by atoms with Crippen LogP contribution >= 0.6 is 11.3 Å². The minimum Gasteiger partial charge on any atom is -0.497 e. The van der Waals surface area contributed by atoms with Crippen LogP contribution in [-0.4, -0.2) is 41.2 Å².